The molecule has 2 aliphatic carbocycles. The number of rotatable bonds is 8. The monoisotopic (exact) mass is 528 g/mol. The highest BCUT2D eigenvalue weighted by molar-refractivity contribution is 6.31. The van der Waals surface area contributed by atoms with E-state index in [2.05, 4.69) is 17.3 Å². The Labute approximate surface area is 228 Å². The molecule has 2 aliphatic heterocycles. The SMILES string of the molecule is CN1C2CC(Oc3ccc(C(=N)c4cc(C(=O)N[C@@H](c5ccccc5Cl)C5CC5)ccc4N)cc3)CC1C2. The first kappa shape index (κ1) is 25.0. The molecule has 7 heteroatoms. The Bertz CT molecular complexity index is 1360. The minimum Gasteiger partial charge on any atom is -0.490 e. The summed E-state index contributed by atoms with van der Waals surface area (Å²) in [7, 11) is 2.20. The van der Waals surface area contributed by atoms with Crippen molar-refractivity contribution >= 4 is 28.9 Å². The topological polar surface area (TPSA) is 91.4 Å². The van der Waals surface area contributed by atoms with E-state index in [-0.39, 0.29) is 23.8 Å². The molecule has 2 saturated carbocycles. The summed E-state index contributed by atoms with van der Waals surface area (Å²) < 4.78 is 6.24. The van der Waals surface area contributed by atoms with Gasteiger partial charge in [-0.15, -0.1) is 0 Å². The fourth-order valence-electron chi connectivity index (χ4n) is 5.92. The van der Waals surface area contributed by atoms with Crippen molar-refractivity contribution in [2.75, 3.05) is 12.8 Å². The van der Waals surface area contributed by atoms with Crippen LogP contribution in [0.25, 0.3) is 0 Å². The first-order valence-electron chi connectivity index (χ1n) is 13.4. The van der Waals surface area contributed by atoms with Crippen LogP contribution in [0.3, 0.4) is 0 Å². The number of nitrogens with two attached hydrogens (primary N) is 1. The molecule has 0 spiro atoms. The molecule has 0 radical (unpaired) electrons. The smallest absolute Gasteiger partial charge is 0.251 e. The summed E-state index contributed by atoms with van der Waals surface area (Å²) >= 11 is 6.45. The van der Waals surface area contributed by atoms with E-state index in [1.165, 1.54) is 6.42 Å². The normalized spacial score (nSPS) is 23.3. The number of anilines is 1. The number of benzene rings is 3. The standard InChI is InChI=1S/C31H33ClN4O2/c1-36-21-15-22(36)17-24(16-21)38-23-11-8-18(9-12-23)29(34)26-14-20(10-13-28(26)33)31(37)35-30(19-6-7-19)25-4-2-3-5-27(25)32/h2-5,8-14,19,21-22,24,30,34H,6-7,15-17,33H2,1H3,(H,35,37)/t21?,22?,24?,30-/m1/s1. The molecule has 2 unspecified atom stereocenters. The Hall–Kier alpha value is -3.35. The predicted molar refractivity (Wildman–Crippen MR) is 151 cm³/mol. The largest absolute Gasteiger partial charge is 0.490 e. The summed E-state index contributed by atoms with van der Waals surface area (Å²) in [6.45, 7) is 0. The maximum Gasteiger partial charge on any atom is 0.251 e. The summed E-state index contributed by atoms with van der Waals surface area (Å²) in [5, 5.41) is 12.7. The van der Waals surface area contributed by atoms with Crippen molar-refractivity contribution in [2.24, 2.45) is 5.92 Å². The van der Waals surface area contributed by atoms with Gasteiger partial charge < -0.3 is 20.7 Å². The first-order chi connectivity index (χ1) is 18.4. The average Bonchev–Trinajstić information content (AvgIpc) is 3.78. The van der Waals surface area contributed by atoms with E-state index < -0.39 is 0 Å². The number of carbonyl (C=O) groups excluding carboxylic acids is 1. The van der Waals surface area contributed by atoms with Gasteiger partial charge in [0.1, 0.15) is 11.9 Å². The number of nitrogen functional groups attached to an aromatic ring is 1. The number of nitrogens with zero attached hydrogens (tertiary/aromatic N) is 1. The Kier molecular flexibility index (Phi) is 6.62. The summed E-state index contributed by atoms with van der Waals surface area (Å²) in [4.78, 5) is 15.7. The van der Waals surface area contributed by atoms with Crippen molar-refractivity contribution < 1.29 is 9.53 Å². The van der Waals surface area contributed by atoms with Crippen LogP contribution in [0.15, 0.2) is 66.7 Å². The van der Waals surface area contributed by atoms with Crippen LogP contribution in [-0.4, -0.2) is 41.8 Å². The molecule has 38 heavy (non-hydrogen) atoms. The number of hydrogen-bond donors (Lipinski definition) is 3. The predicted octanol–water partition coefficient (Wildman–Crippen LogP) is 5.83. The molecular formula is C31H33ClN4O2. The van der Waals surface area contributed by atoms with Gasteiger partial charge in [-0.2, -0.15) is 0 Å². The second kappa shape index (κ2) is 10.1. The van der Waals surface area contributed by atoms with E-state index in [9.17, 15) is 4.79 Å². The number of halogens is 1. The lowest BCUT2D eigenvalue weighted by molar-refractivity contribution is -0.0559. The van der Waals surface area contributed by atoms with E-state index in [4.69, 9.17) is 27.5 Å². The molecule has 1 amide bonds. The van der Waals surface area contributed by atoms with E-state index in [1.54, 1.807) is 18.2 Å². The van der Waals surface area contributed by atoms with Crippen molar-refractivity contribution in [2.45, 2.75) is 56.3 Å². The highest BCUT2D eigenvalue weighted by atomic mass is 35.5. The number of amides is 1. The third-order valence-electron chi connectivity index (χ3n) is 8.42. The van der Waals surface area contributed by atoms with Crippen molar-refractivity contribution in [1.82, 2.24) is 10.2 Å². The minimum absolute atomic E-state index is 0.139. The van der Waals surface area contributed by atoms with Crippen LogP contribution in [0.5, 0.6) is 5.75 Å². The molecule has 0 aromatic heterocycles. The van der Waals surface area contributed by atoms with Gasteiger partial charge in [-0.3, -0.25) is 10.2 Å². The van der Waals surface area contributed by atoms with Gasteiger partial charge in [0.15, 0.2) is 0 Å². The van der Waals surface area contributed by atoms with E-state index in [1.807, 2.05) is 48.5 Å². The van der Waals surface area contributed by atoms with Gasteiger partial charge in [-0.25, -0.2) is 0 Å². The highest BCUT2D eigenvalue weighted by Gasteiger charge is 2.43. The minimum atomic E-state index is -0.198. The number of hydrogen-bond acceptors (Lipinski definition) is 5. The molecule has 6 nitrogen and oxygen atoms in total. The zero-order chi connectivity index (χ0) is 26.4. The van der Waals surface area contributed by atoms with Gasteiger partial charge >= 0.3 is 0 Å². The van der Waals surface area contributed by atoms with Gasteiger partial charge in [0.05, 0.1) is 11.8 Å². The van der Waals surface area contributed by atoms with Crippen LogP contribution < -0.4 is 15.8 Å². The van der Waals surface area contributed by atoms with Crippen LogP contribution in [0.2, 0.25) is 5.02 Å². The van der Waals surface area contributed by atoms with Gasteiger partial charge in [-0.05, 0) is 99.2 Å². The molecule has 4 N–H and O–H groups in total. The number of ether oxygens (including phenoxy) is 1. The van der Waals surface area contributed by atoms with Crippen LogP contribution in [0, 0.1) is 11.3 Å². The molecule has 3 aromatic carbocycles. The van der Waals surface area contributed by atoms with Gasteiger partial charge in [0, 0.05) is 39.5 Å². The zero-order valence-corrected chi connectivity index (χ0v) is 22.2. The summed E-state index contributed by atoms with van der Waals surface area (Å²) in [6, 6.07) is 21.5. The number of nitrogens with one attached hydrogen (secondary N) is 2. The summed E-state index contributed by atoms with van der Waals surface area (Å²) in [5.41, 5.74) is 9.65. The molecule has 4 aliphatic rings. The van der Waals surface area contributed by atoms with Crippen molar-refractivity contribution in [3.8, 4) is 5.75 Å². The van der Waals surface area contributed by atoms with E-state index in [0.29, 0.717) is 39.8 Å². The fourth-order valence-corrected chi connectivity index (χ4v) is 6.18. The van der Waals surface area contributed by atoms with Crippen LogP contribution in [0.1, 0.15) is 65.2 Å². The molecule has 2 bridgehead atoms. The maximum absolute atomic E-state index is 13.3. The Morgan fingerprint density at radius 3 is 2.37 bits per heavy atom. The number of carbonyl (C=O) groups is 1. The average molecular weight is 529 g/mol. The quantitative estimate of drug-likeness (QED) is 0.253. The fraction of sp³-hybridized carbons (Fsp3) is 0.355. The van der Waals surface area contributed by atoms with Crippen molar-refractivity contribution in [3.05, 3.63) is 94.0 Å². The molecule has 2 saturated heterocycles. The highest BCUT2D eigenvalue weighted by Crippen LogP contribution is 2.43. The molecule has 3 aromatic rings. The lowest BCUT2D eigenvalue weighted by Gasteiger charge is -2.53. The summed E-state index contributed by atoms with van der Waals surface area (Å²) in [5.74, 6) is 1.00. The Morgan fingerprint density at radius 2 is 1.71 bits per heavy atom. The molecule has 196 valence electrons. The van der Waals surface area contributed by atoms with Gasteiger partial charge in [0.2, 0.25) is 0 Å². The lowest BCUT2D eigenvalue weighted by Crippen LogP contribution is -2.60. The van der Waals surface area contributed by atoms with Crippen LogP contribution >= 0.6 is 11.6 Å². The van der Waals surface area contributed by atoms with Crippen LogP contribution in [0.4, 0.5) is 5.69 Å². The van der Waals surface area contributed by atoms with Crippen molar-refractivity contribution in [3.63, 3.8) is 0 Å². The van der Waals surface area contributed by atoms with Gasteiger partial charge in [-0.1, -0.05) is 29.8 Å². The molecule has 4 fully saturated rings. The maximum atomic E-state index is 13.3. The third kappa shape index (κ3) is 4.91. The molecule has 3 atom stereocenters. The van der Waals surface area contributed by atoms with E-state index >= 15 is 0 Å². The molecule has 2 heterocycles. The van der Waals surface area contributed by atoms with E-state index in [0.717, 1.165) is 42.6 Å². The molecular weight excluding hydrogens is 496 g/mol. The van der Waals surface area contributed by atoms with Crippen molar-refractivity contribution in [1.29, 1.82) is 5.41 Å². The van der Waals surface area contributed by atoms with Gasteiger partial charge in [0.25, 0.3) is 5.91 Å². The zero-order valence-electron chi connectivity index (χ0n) is 21.5. The second-order valence-electron chi connectivity index (χ2n) is 10.9. The Morgan fingerprint density at radius 1 is 1.03 bits per heavy atom. The Balaban J connectivity index is 1.15. The summed E-state index contributed by atoms with van der Waals surface area (Å²) in [6.07, 6.45) is 5.78. The first-order valence-corrected chi connectivity index (χ1v) is 13.8. The van der Waals surface area contributed by atoms with Crippen LogP contribution in [-0.2, 0) is 0 Å². The number of fused-ring (bicyclic) bond motifs is 2. The second-order valence-corrected chi connectivity index (χ2v) is 11.3. The third-order valence-corrected chi connectivity index (χ3v) is 8.76. The lowest BCUT2D eigenvalue weighted by atomic mass is 9.78. The number of piperidine rings is 1. The molecule has 7 rings (SSSR count).